The molecule has 0 aliphatic heterocycles. The molecule has 5 heteroatoms. The van der Waals surface area contributed by atoms with E-state index in [1.807, 2.05) is 4.68 Å². The molecule has 0 bridgehead atoms. The second-order valence-electron chi connectivity index (χ2n) is 6.32. The highest BCUT2D eigenvalue weighted by Crippen LogP contribution is 2.34. The zero-order valence-corrected chi connectivity index (χ0v) is 13.5. The number of aromatic nitrogens is 2. The van der Waals surface area contributed by atoms with Crippen LogP contribution in [-0.2, 0) is 6.54 Å². The lowest BCUT2D eigenvalue weighted by Gasteiger charge is -2.31. The predicted octanol–water partition coefficient (Wildman–Crippen LogP) is 3.52. The average molecular weight is 287 g/mol. The van der Waals surface area contributed by atoms with Crippen molar-refractivity contribution < 1.29 is 0 Å². The Kier molecular flexibility index (Phi) is 5.83. The first-order valence-corrected chi connectivity index (χ1v) is 7.36. The molecule has 4 nitrogen and oxygen atoms in total. The molecule has 3 N–H and O–H groups in total. The molecule has 0 aromatic carbocycles. The van der Waals surface area contributed by atoms with E-state index in [0.717, 1.165) is 25.1 Å². The maximum atomic E-state index is 6.27. The molecule has 19 heavy (non-hydrogen) atoms. The summed E-state index contributed by atoms with van der Waals surface area (Å²) < 4.78 is 1.96. The number of rotatable bonds is 6. The lowest BCUT2D eigenvalue weighted by molar-refractivity contribution is 0.220. The Morgan fingerprint density at radius 1 is 1.47 bits per heavy atom. The van der Waals surface area contributed by atoms with E-state index in [-0.39, 0.29) is 11.5 Å². The van der Waals surface area contributed by atoms with Gasteiger partial charge in [-0.05, 0) is 24.2 Å². The van der Waals surface area contributed by atoms with Crippen LogP contribution in [0.5, 0.6) is 0 Å². The maximum Gasteiger partial charge on any atom is 0.0834 e. The average Bonchev–Trinajstić information content (AvgIpc) is 2.67. The van der Waals surface area contributed by atoms with Gasteiger partial charge in [0.25, 0.3) is 0 Å². The number of nitrogens with one attached hydrogen (secondary N) is 1. The minimum absolute atomic E-state index is 0.0378. The third-order valence-corrected chi connectivity index (χ3v) is 4.16. The van der Waals surface area contributed by atoms with Crippen molar-refractivity contribution in [3.8, 4) is 0 Å². The first kappa shape index (κ1) is 16.5. The number of nitrogens with zero attached hydrogens (tertiary/aromatic N) is 2. The Labute approximate surface area is 121 Å². The Morgan fingerprint density at radius 3 is 2.58 bits per heavy atom. The fraction of sp³-hybridized carbons (Fsp3) is 0.786. The van der Waals surface area contributed by atoms with Gasteiger partial charge >= 0.3 is 0 Å². The zero-order chi connectivity index (χ0) is 14.6. The summed E-state index contributed by atoms with van der Waals surface area (Å²) >= 11 is 6.27. The van der Waals surface area contributed by atoms with Crippen molar-refractivity contribution in [3.05, 3.63) is 16.9 Å². The fourth-order valence-corrected chi connectivity index (χ4v) is 2.35. The van der Waals surface area contributed by atoms with Gasteiger partial charge in [-0.1, -0.05) is 46.2 Å². The maximum absolute atomic E-state index is 6.27. The van der Waals surface area contributed by atoms with Crippen LogP contribution in [-0.4, -0.2) is 9.78 Å². The molecule has 0 aliphatic carbocycles. The van der Waals surface area contributed by atoms with Crippen LogP contribution < -0.4 is 11.3 Å². The molecule has 2 atom stereocenters. The van der Waals surface area contributed by atoms with E-state index in [9.17, 15) is 0 Å². The van der Waals surface area contributed by atoms with Crippen molar-refractivity contribution in [2.24, 2.45) is 17.2 Å². The van der Waals surface area contributed by atoms with Crippen LogP contribution in [0.1, 0.15) is 59.2 Å². The first-order valence-electron chi connectivity index (χ1n) is 6.98. The standard InChI is InChI=1S/C14H27ClN4/c1-6-7-19-13(11(15)9-17-19)12(18-16)8-10(2)14(3,4)5/h9-10,12,18H,6-8,16H2,1-5H3. The van der Waals surface area contributed by atoms with Gasteiger partial charge in [-0.25, -0.2) is 0 Å². The molecule has 110 valence electrons. The third kappa shape index (κ3) is 4.20. The van der Waals surface area contributed by atoms with E-state index in [1.54, 1.807) is 6.20 Å². The minimum atomic E-state index is 0.0378. The molecular weight excluding hydrogens is 260 g/mol. The van der Waals surface area contributed by atoms with Crippen LogP contribution in [0.25, 0.3) is 0 Å². The molecule has 0 amide bonds. The van der Waals surface area contributed by atoms with Crippen LogP contribution in [0, 0.1) is 11.3 Å². The van der Waals surface area contributed by atoms with Crippen LogP contribution >= 0.6 is 11.6 Å². The molecule has 0 radical (unpaired) electrons. The highest BCUT2D eigenvalue weighted by atomic mass is 35.5. The molecule has 1 aromatic heterocycles. The molecule has 1 rings (SSSR count). The van der Waals surface area contributed by atoms with E-state index in [2.05, 4.69) is 45.1 Å². The van der Waals surface area contributed by atoms with Crippen molar-refractivity contribution in [2.75, 3.05) is 0 Å². The van der Waals surface area contributed by atoms with Gasteiger partial charge in [-0.15, -0.1) is 0 Å². The Morgan fingerprint density at radius 2 is 2.11 bits per heavy atom. The summed E-state index contributed by atoms with van der Waals surface area (Å²) in [5, 5.41) is 5.03. The summed E-state index contributed by atoms with van der Waals surface area (Å²) in [5.74, 6) is 6.26. The molecule has 1 aromatic rings. The van der Waals surface area contributed by atoms with E-state index < -0.39 is 0 Å². The van der Waals surface area contributed by atoms with Gasteiger partial charge in [0.05, 0.1) is 23.0 Å². The lowest BCUT2D eigenvalue weighted by Crippen LogP contribution is -2.33. The Bertz CT molecular complexity index is 395. The summed E-state index contributed by atoms with van der Waals surface area (Å²) in [6, 6.07) is 0.0378. The smallest absolute Gasteiger partial charge is 0.0834 e. The van der Waals surface area contributed by atoms with Crippen molar-refractivity contribution in [1.82, 2.24) is 15.2 Å². The van der Waals surface area contributed by atoms with E-state index in [4.69, 9.17) is 17.4 Å². The molecule has 0 spiro atoms. The summed E-state index contributed by atoms with van der Waals surface area (Å²) in [5.41, 5.74) is 4.15. The normalized spacial score (nSPS) is 15.5. The van der Waals surface area contributed by atoms with Crippen molar-refractivity contribution >= 4 is 11.6 Å². The van der Waals surface area contributed by atoms with Crippen LogP contribution in [0.15, 0.2) is 6.20 Å². The summed E-state index contributed by atoms with van der Waals surface area (Å²) in [6.07, 6.45) is 3.67. The van der Waals surface area contributed by atoms with Crippen molar-refractivity contribution in [3.63, 3.8) is 0 Å². The van der Waals surface area contributed by atoms with E-state index in [1.165, 1.54) is 0 Å². The number of halogens is 1. The van der Waals surface area contributed by atoms with E-state index >= 15 is 0 Å². The SMILES string of the molecule is CCCn1ncc(Cl)c1C(CC(C)C(C)(C)C)NN. The summed E-state index contributed by atoms with van der Waals surface area (Å²) in [4.78, 5) is 0. The predicted molar refractivity (Wildman–Crippen MR) is 80.8 cm³/mol. The second-order valence-corrected chi connectivity index (χ2v) is 6.73. The summed E-state index contributed by atoms with van der Waals surface area (Å²) in [6.45, 7) is 12.0. The molecule has 0 saturated heterocycles. The van der Waals surface area contributed by atoms with Gasteiger partial charge in [0, 0.05) is 6.54 Å². The molecule has 2 unspecified atom stereocenters. The highest BCUT2D eigenvalue weighted by Gasteiger charge is 2.27. The summed E-state index contributed by atoms with van der Waals surface area (Å²) in [7, 11) is 0. The fourth-order valence-electron chi connectivity index (χ4n) is 2.07. The number of nitrogens with two attached hydrogens (primary N) is 1. The number of hydrazine groups is 1. The van der Waals surface area contributed by atoms with Crippen LogP contribution in [0.3, 0.4) is 0 Å². The zero-order valence-electron chi connectivity index (χ0n) is 12.7. The number of aryl methyl sites for hydroxylation is 1. The van der Waals surface area contributed by atoms with Gasteiger partial charge in [-0.3, -0.25) is 16.0 Å². The van der Waals surface area contributed by atoms with Crippen LogP contribution in [0.2, 0.25) is 5.02 Å². The van der Waals surface area contributed by atoms with E-state index in [0.29, 0.717) is 10.9 Å². The van der Waals surface area contributed by atoms with Crippen LogP contribution in [0.4, 0.5) is 0 Å². The quantitative estimate of drug-likeness (QED) is 0.621. The Hall–Kier alpha value is -0.580. The van der Waals surface area contributed by atoms with Gasteiger partial charge < -0.3 is 0 Å². The second kappa shape index (κ2) is 6.73. The van der Waals surface area contributed by atoms with Crippen molar-refractivity contribution in [2.45, 2.75) is 60.0 Å². The van der Waals surface area contributed by atoms with Gasteiger partial charge in [0.1, 0.15) is 0 Å². The molecule has 0 fully saturated rings. The number of hydrogen-bond acceptors (Lipinski definition) is 3. The minimum Gasteiger partial charge on any atom is -0.271 e. The van der Waals surface area contributed by atoms with Gasteiger partial charge in [0.2, 0.25) is 0 Å². The Balaban J connectivity index is 2.94. The lowest BCUT2D eigenvalue weighted by atomic mass is 9.78. The molecule has 1 heterocycles. The topological polar surface area (TPSA) is 55.9 Å². The molecular formula is C14H27ClN4. The largest absolute Gasteiger partial charge is 0.271 e. The molecule has 0 aliphatic rings. The highest BCUT2D eigenvalue weighted by molar-refractivity contribution is 6.31. The van der Waals surface area contributed by atoms with Gasteiger partial charge in [0.15, 0.2) is 0 Å². The third-order valence-electron chi connectivity index (χ3n) is 3.87. The van der Waals surface area contributed by atoms with Gasteiger partial charge in [-0.2, -0.15) is 5.10 Å². The first-order chi connectivity index (χ1) is 8.81. The molecule has 0 saturated carbocycles. The number of hydrogen-bond donors (Lipinski definition) is 2. The monoisotopic (exact) mass is 286 g/mol. The van der Waals surface area contributed by atoms with Crippen molar-refractivity contribution in [1.29, 1.82) is 0 Å².